The van der Waals surface area contributed by atoms with Crippen LogP contribution in [-0.4, -0.2) is 55.2 Å². The zero-order valence-electron chi connectivity index (χ0n) is 25.7. The molecule has 2 bridgehead atoms. The standard InChI is InChI=1S/C34H41ClN4O5/c1-5-21(6-2)37-34(41)38-23-9-16-31(32(17-23)42-4)44-26-12-7-22(8-13-26)36-33(40)29-15-14-27(20-30(29)35)43-28-18-24-10-11-25(19-28)39(24)3/h7-9,12-17,20-21,24-25,28H,5-6,10-11,18-19H2,1-4H3,(H,36,40)(H2,37,38,41)/t24-,25+,28+. The van der Waals surface area contributed by atoms with Crippen LogP contribution in [0, 0.1) is 0 Å². The number of urea groups is 1. The maximum Gasteiger partial charge on any atom is 0.319 e. The molecule has 2 fully saturated rings. The number of halogens is 1. The average Bonchev–Trinajstić information content (AvgIpc) is 3.20. The summed E-state index contributed by atoms with van der Waals surface area (Å²) < 4.78 is 17.8. The minimum atomic E-state index is -0.314. The number of ether oxygens (including phenoxy) is 3. The number of hydrogen-bond donors (Lipinski definition) is 3. The monoisotopic (exact) mass is 620 g/mol. The molecule has 3 aromatic rings. The van der Waals surface area contributed by atoms with Crippen molar-refractivity contribution in [1.29, 1.82) is 0 Å². The number of rotatable bonds is 11. The van der Waals surface area contributed by atoms with Crippen molar-refractivity contribution in [3.8, 4) is 23.0 Å². The van der Waals surface area contributed by atoms with E-state index in [-0.39, 0.29) is 24.1 Å². The van der Waals surface area contributed by atoms with Crippen LogP contribution in [0.15, 0.2) is 60.7 Å². The molecular formula is C34H41ClN4O5. The Bertz CT molecular complexity index is 1450. The van der Waals surface area contributed by atoms with E-state index in [2.05, 4.69) is 27.9 Å². The topological polar surface area (TPSA) is 101 Å². The summed E-state index contributed by atoms with van der Waals surface area (Å²) in [7, 11) is 3.74. The molecule has 0 spiro atoms. The van der Waals surface area contributed by atoms with Gasteiger partial charge in [0.25, 0.3) is 5.91 Å². The highest BCUT2D eigenvalue weighted by atomic mass is 35.5. The van der Waals surface area contributed by atoms with Crippen LogP contribution in [0.2, 0.25) is 5.02 Å². The molecule has 0 aromatic heterocycles. The smallest absolute Gasteiger partial charge is 0.319 e. The molecule has 2 saturated heterocycles. The Balaban J connectivity index is 1.16. The van der Waals surface area contributed by atoms with E-state index in [0.29, 0.717) is 57.0 Å². The van der Waals surface area contributed by atoms with Crippen LogP contribution < -0.4 is 30.2 Å². The molecule has 44 heavy (non-hydrogen) atoms. The molecule has 2 heterocycles. The highest BCUT2D eigenvalue weighted by Crippen LogP contribution is 2.37. The van der Waals surface area contributed by atoms with Crippen LogP contribution in [0.25, 0.3) is 0 Å². The zero-order valence-corrected chi connectivity index (χ0v) is 26.4. The van der Waals surface area contributed by atoms with E-state index in [1.54, 1.807) is 54.6 Å². The summed E-state index contributed by atoms with van der Waals surface area (Å²) in [5.41, 5.74) is 1.55. The van der Waals surface area contributed by atoms with E-state index in [9.17, 15) is 9.59 Å². The van der Waals surface area contributed by atoms with Gasteiger partial charge in [0, 0.05) is 35.6 Å². The van der Waals surface area contributed by atoms with E-state index in [1.807, 2.05) is 19.9 Å². The molecule has 234 valence electrons. The molecule has 3 aromatic carbocycles. The number of amides is 3. The number of methoxy groups -OCH3 is 1. The Kier molecular flexibility index (Phi) is 10.2. The molecular weight excluding hydrogens is 580 g/mol. The number of hydrogen-bond acceptors (Lipinski definition) is 6. The summed E-state index contributed by atoms with van der Waals surface area (Å²) in [5.74, 6) is 1.87. The largest absolute Gasteiger partial charge is 0.493 e. The molecule has 0 radical (unpaired) electrons. The predicted molar refractivity (Wildman–Crippen MR) is 174 cm³/mol. The van der Waals surface area contributed by atoms with Crippen LogP contribution in [0.5, 0.6) is 23.0 Å². The fourth-order valence-corrected chi connectivity index (χ4v) is 6.27. The predicted octanol–water partition coefficient (Wildman–Crippen LogP) is 7.71. The molecule has 10 heteroatoms. The Hall–Kier alpha value is -3.95. The number of anilines is 2. The molecule has 0 saturated carbocycles. The third kappa shape index (κ3) is 7.57. The van der Waals surface area contributed by atoms with E-state index in [0.717, 1.165) is 25.7 Å². The highest BCUT2D eigenvalue weighted by Gasteiger charge is 2.39. The van der Waals surface area contributed by atoms with Gasteiger partial charge in [0.05, 0.1) is 17.7 Å². The first-order valence-corrected chi connectivity index (χ1v) is 15.7. The Morgan fingerprint density at radius 1 is 0.886 bits per heavy atom. The molecule has 3 amide bonds. The van der Waals surface area contributed by atoms with Gasteiger partial charge in [0.1, 0.15) is 17.6 Å². The fraction of sp³-hybridized carbons (Fsp3) is 0.412. The number of carbonyl (C=O) groups is 2. The maximum absolute atomic E-state index is 13.0. The van der Waals surface area contributed by atoms with Crippen LogP contribution >= 0.6 is 11.6 Å². The van der Waals surface area contributed by atoms with Crippen LogP contribution in [0.3, 0.4) is 0 Å². The quantitative estimate of drug-likeness (QED) is 0.203. The van der Waals surface area contributed by atoms with Gasteiger partial charge < -0.3 is 35.1 Å². The van der Waals surface area contributed by atoms with E-state index in [1.165, 1.54) is 20.0 Å². The number of carbonyl (C=O) groups excluding carboxylic acids is 2. The van der Waals surface area contributed by atoms with Gasteiger partial charge in [-0.15, -0.1) is 0 Å². The van der Waals surface area contributed by atoms with Crippen molar-refractivity contribution >= 4 is 34.9 Å². The minimum Gasteiger partial charge on any atom is -0.493 e. The lowest BCUT2D eigenvalue weighted by Crippen LogP contribution is -2.43. The summed E-state index contributed by atoms with van der Waals surface area (Å²) in [6.45, 7) is 4.07. The summed E-state index contributed by atoms with van der Waals surface area (Å²) in [6.07, 6.45) is 6.37. The van der Waals surface area contributed by atoms with Gasteiger partial charge in [0.15, 0.2) is 11.5 Å². The fourth-order valence-electron chi connectivity index (χ4n) is 6.01. The Labute approximate surface area is 264 Å². The lowest BCUT2D eigenvalue weighted by molar-refractivity contribution is 0.0662. The molecule has 0 aliphatic carbocycles. The Morgan fingerprint density at radius 2 is 1.55 bits per heavy atom. The second-order valence-corrected chi connectivity index (χ2v) is 11.9. The number of benzene rings is 3. The van der Waals surface area contributed by atoms with Crippen molar-refractivity contribution in [1.82, 2.24) is 10.2 Å². The number of nitrogens with zero attached hydrogens (tertiary/aromatic N) is 1. The molecule has 3 N–H and O–H groups in total. The van der Waals surface area contributed by atoms with Gasteiger partial charge >= 0.3 is 6.03 Å². The second-order valence-electron chi connectivity index (χ2n) is 11.5. The lowest BCUT2D eigenvalue weighted by Gasteiger charge is -2.36. The lowest BCUT2D eigenvalue weighted by atomic mass is 10.0. The van der Waals surface area contributed by atoms with E-state index >= 15 is 0 Å². The SMILES string of the molecule is CCC(CC)NC(=O)Nc1ccc(Oc2ccc(NC(=O)c3ccc(O[C@H]4C[C@H]5CC[C@@H](C4)N5C)cc3Cl)cc2)c(OC)c1. The minimum absolute atomic E-state index is 0.119. The van der Waals surface area contributed by atoms with Gasteiger partial charge in [-0.05, 0) is 100 Å². The van der Waals surface area contributed by atoms with Gasteiger partial charge in [-0.3, -0.25) is 4.79 Å². The van der Waals surface area contributed by atoms with E-state index in [4.69, 9.17) is 25.8 Å². The normalized spacial score (nSPS) is 19.4. The van der Waals surface area contributed by atoms with Crippen LogP contribution in [0.4, 0.5) is 16.2 Å². The van der Waals surface area contributed by atoms with Gasteiger partial charge in [-0.2, -0.15) is 0 Å². The van der Waals surface area contributed by atoms with Gasteiger partial charge in [0.2, 0.25) is 0 Å². The zero-order chi connectivity index (χ0) is 31.2. The van der Waals surface area contributed by atoms with E-state index < -0.39 is 0 Å². The Morgan fingerprint density at radius 3 is 2.18 bits per heavy atom. The number of nitrogens with one attached hydrogen (secondary N) is 3. The van der Waals surface area contributed by atoms with Crippen molar-refractivity contribution < 1.29 is 23.8 Å². The van der Waals surface area contributed by atoms with Crippen molar-refractivity contribution in [2.24, 2.45) is 0 Å². The van der Waals surface area contributed by atoms with Crippen molar-refractivity contribution in [2.75, 3.05) is 24.8 Å². The van der Waals surface area contributed by atoms with Gasteiger partial charge in [-0.25, -0.2) is 4.79 Å². The summed E-state index contributed by atoms with van der Waals surface area (Å²) in [6, 6.07) is 18.4. The average molecular weight is 621 g/mol. The van der Waals surface area contributed by atoms with Crippen molar-refractivity contribution in [3.05, 3.63) is 71.2 Å². The van der Waals surface area contributed by atoms with Gasteiger partial charge in [-0.1, -0.05) is 25.4 Å². The maximum atomic E-state index is 13.0. The first-order valence-electron chi connectivity index (χ1n) is 15.3. The number of piperidine rings is 1. The summed E-state index contributed by atoms with van der Waals surface area (Å²) in [4.78, 5) is 27.8. The molecule has 9 nitrogen and oxygen atoms in total. The second kappa shape index (κ2) is 14.2. The highest BCUT2D eigenvalue weighted by molar-refractivity contribution is 6.34. The number of fused-ring (bicyclic) bond motifs is 2. The van der Waals surface area contributed by atoms with Crippen LogP contribution in [0.1, 0.15) is 62.7 Å². The third-order valence-corrected chi connectivity index (χ3v) is 8.94. The van der Waals surface area contributed by atoms with Crippen molar-refractivity contribution in [2.45, 2.75) is 76.6 Å². The first-order chi connectivity index (χ1) is 21.3. The third-order valence-electron chi connectivity index (χ3n) is 8.63. The summed E-state index contributed by atoms with van der Waals surface area (Å²) >= 11 is 6.51. The molecule has 2 aliphatic rings. The van der Waals surface area contributed by atoms with Crippen LogP contribution in [-0.2, 0) is 0 Å². The molecule has 5 rings (SSSR count). The van der Waals surface area contributed by atoms with Crippen molar-refractivity contribution in [3.63, 3.8) is 0 Å². The summed E-state index contributed by atoms with van der Waals surface area (Å²) in [5, 5.41) is 9.01. The molecule has 2 aliphatic heterocycles. The molecule has 0 unspecified atom stereocenters. The molecule has 3 atom stereocenters. The first kappa shape index (κ1) is 31.5.